The number of rotatable bonds is 7. The van der Waals surface area contributed by atoms with Crippen molar-refractivity contribution in [2.24, 2.45) is 0 Å². The Hall–Kier alpha value is -2.47. The minimum absolute atomic E-state index is 0.00486. The van der Waals surface area contributed by atoms with Gasteiger partial charge in [-0.1, -0.05) is 36.7 Å². The van der Waals surface area contributed by atoms with E-state index in [-0.39, 0.29) is 23.2 Å². The Bertz CT molecular complexity index is 1070. The number of ketones is 1. The van der Waals surface area contributed by atoms with E-state index in [9.17, 15) is 14.0 Å². The van der Waals surface area contributed by atoms with Crippen LogP contribution in [0.2, 0.25) is 0 Å². The van der Waals surface area contributed by atoms with E-state index in [0.29, 0.717) is 29.5 Å². The summed E-state index contributed by atoms with van der Waals surface area (Å²) in [6, 6.07) is 13.3. The van der Waals surface area contributed by atoms with Crippen LogP contribution in [0.15, 0.2) is 58.5 Å². The molecule has 0 radical (unpaired) electrons. The molecule has 4 rings (SSSR count). The van der Waals surface area contributed by atoms with Crippen molar-refractivity contribution in [1.82, 2.24) is 9.55 Å². The molecule has 1 aliphatic rings. The maximum atomic E-state index is 13.1. The van der Waals surface area contributed by atoms with Gasteiger partial charge in [0.2, 0.25) is 0 Å². The Labute approximate surface area is 173 Å². The van der Waals surface area contributed by atoms with E-state index >= 15 is 0 Å². The number of carbonyl (C=O) groups excluding carboxylic acids is 1. The van der Waals surface area contributed by atoms with Crippen molar-refractivity contribution >= 4 is 28.4 Å². The maximum Gasteiger partial charge on any atom is 0.262 e. The quantitative estimate of drug-likeness (QED) is 0.226. The van der Waals surface area contributed by atoms with Crippen molar-refractivity contribution in [2.75, 3.05) is 5.75 Å². The van der Waals surface area contributed by atoms with Gasteiger partial charge in [-0.3, -0.25) is 14.2 Å². The van der Waals surface area contributed by atoms with Crippen LogP contribution in [0.25, 0.3) is 10.9 Å². The molecule has 0 N–H and O–H groups in total. The zero-order valence-electron chi connectivity index (χ0n) is 16.1. The summed E-state index contributed by atoms with van der Waals surface area (Å²) in [4.78, 5) is 30.1. The molecule has 0 saturated heterocycles. The summed E-state index contributed by atoms with van der Waals surface area (Å²) in [6.07, 6.45) is 5.36. The van der Waals surface area contributed by atoms with Gasteiger partial charge >= 0.3 is 0 Å². The number of Topliss-reactive ketones (excluding diaryl/α,β-unsaturated/α-hetero) is 1. The third-order valence-electron chi connectivity index (χ3n) is 5.41. The van der Waals surface area contributed by atoms with E-state index in [1.165, 1.54) is 24.3 Å². The molecule has 6 heteroatoms. The maximum absolute atomic E-state index is 13.1. The second-order valence-corrected chi connectivity index (χ2v) is 8.47. The van der Waals surface area contributed by atoms with Crippen molar-refractivity contribution < 1.29 is 9.18 Å². The van der Waals surface area contributed by atoms with E-state index in [1.54, 1.807) is 11.8 Å². The minimum Gasteiger partial charge on any atom is -0.294 e. The average molecular weight is 411 g/mol. The molecule has 1 saturated carbocycles. The molecule has 0 bridgehead atoms. The van der Waals surface area contributed by atoms with Crippen molar-refractivity contribution in [3.05, 3.63) is 70.3 Å². The molecule has 4 nitrogen and oxygen atoms in total. The fraction of sp³-hybridized carbons (Fsp3) is 0.348. The van der Waals surface area contributed by atoms with E-state index in [4.69, 9.17) is 4.98 Å². The summed E-state index contributed by atoms with van der Waals surface area (Å²) >= 11 is 1.54. The summed E-state index contributed by atoms with van der Waals surface area (Å²) in [5, 5.41) is 1.41. The van der Waals surface area contributed by atoms with E-state index in [1.807, 2.05) is 28.8 Å². The van der Waals surface area contributed by atoms with E-state index < -0.39 is 0 Å². The van der Waals surface area contributed by atoms with Crippen LogP contribution in [-0.2, 0) is 0 Å². The van der Waals surface area contributed by atoms with Gasteiger partial charge in [0.15, 0.2) is 10.9 Å². The third-order valence-corrected chi connectivity index (χ3v) is 6.45. The number of aromatic nitrogens is 2. The highest BCUT2D eigenvalue weighted by atomic mass is 32.2. The number of fused-ring (bicyclic) bond motifs is 1. The second-order valence-electron chi connectivity index (χ2n) is 7.41. The highest BCUT2D eigenvalue weighted by molar-refractivity contribution is 7.99. The predicted molar refractivity (Wildman–Crippen MR) is 114 cm³/mol. The van der Waals surface area contributed by atoms with Gasteiger partial charge in [0.05, 0.1) is 10.9 Å². The van der Waals surface area contributed by atoms with Crippen LogP contribution in [-0.4, -0.2) is 21.1 Å². The van der Waals surface area contributed by atoms with Crippen molar-refractivity contribution in [2.45, 2.75) is 49.7 Å². The van der Waals surface area contributed by atoms with Crippen LogP contribution in [0.4, 0.5) is 4.39 Å². The van der Waals surface area contributed by atoms with Crippen molar-refractivity contribution in [3.63, 3.8) is 0 Å². The molecule has 1 fully saturated rings. The van der Waals surface area contributed by atoms with Crippen molar-refractivity contribution in [1.29, 1.82) is 0 Å². The molecule has 0 aliphatic heterocycles. The molecular formula is C23H23FN2O2S. The van der Waals surface area contributed by atoms with E-state index in [2.05, 4.69) is 0 Å². The van der Waals surface area contributed by atoms with Gasteiger partial charge in [-0.2, -0.15) is 0 Å². The molecule has 2 aromatic carbocycles. The van der Waals surface area contributed by atoms with Gasteiger partial charge in [-0.15, -0.1) is 0 Å². The monoisotopic (exact) mass is 410 g/mol. The molecule has 1 aliphatic carbocycles. The summed E-state index contributed by atoms with van der Waals surface area (Å²) in [7, 11) is 0. The third kappa shape index (κ3) is 4.42. The first-order valence-corrected chi connectivity index (χ1v) is 11.0. The number of para-hydroxylation sites is 1. The lowest BCUT2D eigenvalue weighted by Gasteiger charge is -2.18. The standard InChI is InChI=1S/C23H23FN2O2S/c24-17-13-11-16(12-14-17)21(27)10-5-15-29-23-25-20-9-4-3-8-19(20)22(28)26(23)18-6-1-2-7-18/h3-4,8-9,11-14,18H,1-2,5-7,10,15H2. The highest BCUT2D eigenvalue weighted by Crippen LogP contribution is 2.32. The number of halogens is 1. The van der Waals surface area contributed by atoms with Gasteiger partial charge in [0, 0.05) is 23.8 Å². The molecular weight excluding hydrogens is 387 g/mol. The van der Waals surface area contributed by atoms with Crippen LogP contribution in [0.3, 0.4) is 0 Å². The number of carbonyl (C=O) groups is 1. The largest absolute Gasteiger partial charge is 0.294 e. The summed E-state index contributed by atoms with van der Waals surface area (Å²) in [5.41, 5.74) is 1.28. The molecule has 1 heterocycles. The minimum atomic E-state index is -0.343. The summed E-state index contributed by atoms with van der Waals surface area (Å²) in [6.45, 7) is 0. The second kappa shape index (κ2) is 8.91. The summed E-state index contributed by atoms with van der Waals surface area (Å²) in [5.74, 6) is 0.361. The van der Waals surface area contributed by atoms with Gasteiger partial charge in [0.1, 0.15) is 5.82 Å². The zero-order valence-corrected chi connectivity index (χ0v) is 17.0. The SMILES string of the molecule is O=C(CCCSc1nc2ccccc2c(=O)n1C1CCCC1)c1ccc(F)cc1. The predicted octanol–water partition coefficient (Wildman–Crippen LogP) is 5.41. The van der Waals surface area contributed by atoms with E-state index in [0.717, 1.165) is 36.4 Å². The highest BCUT2D eigenvalue weighted by Gasteiger charge is 2.23. The van der Waals surface area contributed by atoms with Crippen LogP contribution in [0.1, 0.15) is 54.9 Å². The lowest BCUT2D eigenvalue weighted by molar-refractivity contribution is 0.0982. The lowest BCUT2D eigenvalue weighted by Crippen LogP contribution is -2.26. The van der Waals surface area contributed by atoms with Crippen LogP contribution in [0.5, 0.6) is 0 Å². The molecule has 1 aromatic heterocycles. The van der Waals surface area contributed by atoms with Crippen LogP contribution < -0.4 is 5.56 Å². The number of benzene rings is 2. The Balaban J connectivity index is 1.48. The zero-order chi connectivity index (χ0) is 20.2. The lowest BCUT2D eigenvalue weighted by atomic mass is 10.1. The molecule has 0 unspecified atom stereocenters. The molecule has 0 atom stereocenters. The number of hydrogen-bond donors (Lipinski definition) is 0. The van der Waals surface area contributed by atoms with Crippen LogP contribution in [0, 0.1) is 5.82 Å². The fourth-order valence-corrected chi connectivity index (χ4v) is 4.89. The van der Waals surface area contributed by atoms with Crippen LogP contribution >= 0.6 is 11.8 Å². The Kier molecular flexibility index (Phi) is 6.09. The Morgan fingerprint density at radius 1 is 1.10 bits per heavy atom. The van der Waals surface area contributed by atoms with Gasteiger partial charge in [-0.25, -0.2) is 9.37 Å². The first-order valence-electron chi connectivity index (χ1n) is 10.1. The molecule has 0 amide bonds. The van der Waals surface area contributed by atoms with Crippen molar-refractivity contribution in [3.8, 4) is 0 Å². The first-order chi connectivity index (χ1) is 14.1. The topological polar surface area (TPSA) is 52.0 Å². The average Bonchev–Trinajstić information content (AvgIpc) is 3.26. The fourth-order valence-electron chi connectivity index (χ4n) is 3.89. The number of nitrogens with zero attached hydrogens (tertiary/aromatic N) is 2. The van der Waals surface area contributed by atoms with Gasteiger partial charge in [0.25, 0.3) is 5.56 Å². The normalized spacial score (nSPS) is 14.5. The summed E-state index contributed by atoms with van der Waals surface area (Å²) < 4.78 is 14.9. The molecule has 3 aromatic rings. The van der Waals surface area contributed by atoms with Gasteiger partial charge < -0.3 is 0 Å². The Morgan fingerprint density at radius 2 is 1.83 bits per heavy atom. The molecule has 0 spiro atoms. The van der Waals surface area contributed by atoms with Gasteiger partial charge in [-0.05, 0) is 55.7 Å². The number of hydrogen-bond acceptors (Lipinski definition) is 4. The molecule has 150 valence electrons. The first kappa shape index (κ1) is 19.8. The number of thioether (sulfide) groups is 1. The Morgan fingerprint density at radius 3 is 2.59 bits per heavy atom. The smallest absolute Gasteiger partial charge is 0.262 e. The molecule has 29 heavy (non-hydrogen) atoms.